The molecule has 2 atom stereocenters. The van der Waals surface area contributed by atoms with Gasteiger partial charge in [-0.1, -0.05) is 65.0 Å². The molecule has 2 unspecified atom stereocenters. The molecule has 0 aliphatic rings. The second kappa shape index (κ2) is 12.5. The Bertz CT molecular complexity index is 353. The van der Waals surface area contributed by atoms with Crippen LogP contribution >= 0.6 is 0 Å². The van der Waals surface area contributed by atoms with Gasteiger partial charge in [-0.25, -0.2) is 4.79 Å². The van der Waals surface area contributed by atoms with Gasteiger partial charge in [-0.05, 0) is 44.6 Å². The molecule has 2 nitrogen and oxygen atoms in total. The fraction of sp³-hybridized carbons (Fsp3) is 0.750. The zero-order valence-corrected chi connectivity index (χ0v) is 15.5. The van der Waals surface area contributed by atoms with E-state index in [0.29, 0.717) is 5.92 Å². The molecule has 0 saturated carbocycles. The molecule has 0 heterocycles. The number of hydrogen-bond donors (Lipinski definition) is 0. The SMILES string of the molecule is CCCC(C)CCCC(C)C/C=C/C(C)=C/C(=O)OC(C)C. The maximum atomic E-state index is 11.5. The van der Waals surface area contributed by atoms with Crippen LogP contribution in [0.3, 0.4) is 0 Å². The minimum absolute atomic E-state index is 0.0596. The molecular formula is C20H36O2. The highest BCUT2D eigenvalue weighted by Crippen LogP contribution is 2.18. The molecule has 0 saturated heterocycles. The molecule has 2 heteroatoms. The van der Waals surface area contributed by atoms with Gasteiger partial charge in [0.2, 0.25) is 0 Å². The quantitative estimate of drug-likeness (QED) is 0.263. The van der Waals surface area contributed by atoms with Crippen molar-refractivity contribution < 1.29 is 9.53 Å². The van der Waals surface area contributed by atoms with Crippen molar-refractivity contribution in [2.75, 3.05) is 0 Å². The van der Waals surface area contributed by atoms with Crippen molar-refractivity contribution in [2.24, 2.45) is 11.8 Å². The molecule has 128 valence electrons. The predicted molar refractivity (Wildman–Crippen MR) is 95.8 cm³/mol. The molecule has 0 aromatic carbocycles. The Labute approximate surface area is 138 Å². The summed E-state index contributed by atoms with van der Waals surface area (Å²) in [7, 11) is 0. The summed E-state index contributed by atoms with van der Waals surface area (Å²) in [6.07, 6.45) is 13.4. The zero-order valence-electron chi connectivity index (χ0n) is 15.5. The van der Waals surface area contributed by atoms with Crippen molar-refractivity contribution in [3.05, 3.63) is 23.8 Å². The molecule has 0 N–H and O–H groups in total. The highest BCUT2D eigenvalue weighted by molar-refractivity contribution is 5.83. The van der Waals surface area contributed by atoms with Crippen LogP contribution in [0.15, 0.2) is 23.8 Å². The Hall–Kier alpha value is -1.05. The fourth-order valence-electron chi connectivity index (χ4n) is 2.56. The highest BCUT2D eigenvalue weighted by atomic mass is 16.5. The Morgan fingerprint density at radius 3 is 2.27 bits per heavy atom. The largest absolute Gasteiger partial charge is 0.460 e. The van der Waals surface area contributed by atoms with Crippen LogP contribution in [0.5, 0.6) is 0 Å². The van der Waals surface area contributed by atoms with Crippen LogP contribution in [0.1, 0.15) is 80.1 Å². The Balaban J connectivity index is 3.95. The summed E-state index contributed by atoms with van der Waals surface area (Å²) in [6.45, 7) is 12.6. The van der Waals surface area contributed by atoms with E-state index in [4.69, 9.17) is 4.74 Å². The minimum atomic E-state index is -0.255. The monoisotopic (exact) mass is 308 g/mol. The van der Waals surface area contributed by atoms with E-state index in [0.717, 1.165) is 17.9 Å². The molecule has 0 aromatic heterocycles. The van der Waals surface area contributed by atoms with Crippen molar-refractivity contribution in [3.63, 3.8) is 0 Å². The first kappa shape index (κ1) is 20.9. The number of esters is 1. The van der Waals surface area contributed by atoms with Gasteiger partial charge in [0, 0.05) is 6.08 Å². The lowest BCUT2D eigenvalue weighted by Gasteiger charge is -2.12. The lowest BCUT2D eigenvalue weighted by Crippen LogP contribution is -2.08. The second-order valence-electron chi connectivity index (χ2n) is 6.94. The first-order valence-electron chi connectivity index (χ1n) is 8.90. The van der Waals surface area contributed by atoms with Crippen molar-refractivity contribution >= 4 is 5.97 Å². The molecule has 0 fully saturated rings. The molecular weight excluding hydrogens is 272 g/mol. The van der Waals surface area contributed by atoms with Crippen molar-refractivity contribution in [1.29, 1.82) is 0 Å². The Morgan fingerprint density at radius 2 is 1.68 bits per heavy atom. The standard InChI is InChI=1S/C20H36O2/c1-7-10-17(4)11-8-12-18(5)13-9-14-19(6)15-20(21)22-16(2)3/h9,14-18H,7-8,10-13H2,1-6H3/b14-9+,19-15+. The number of carbonyl (C=O) groups is 1. The van der Waals surface area contributed by atoms with Gasteiger partial charge in [0.05, 0.1) is 6.10 Å². The summed E-state index contributed by atoms with van der Waals surface area (Å²) in [4.78, 5) is 11.5. The molecule has 0 rings (SSSR count). The third-order valence-corrected chi connectivity index (χ3v) is 3.79. The maximum absolute atomic E-state index is 11.5. The fourth-order valence-corrected chi connectivity index (χ4v) is 2.56. The molecule has 0 aromatic rings. The molecule has 0 radical (unpaired) electrons. The zero-order chi connectivity index (χ0) is 17.0. The topological polar surface area (TPSA) is 26.3 Å². The van der Waals surface area contributed by atoms with Gasteiger partial charge in [0.25, 0.3) is 0 Å². The number of rotatable bonds is 11. The number of hydrogen-bond acceptors (Lipinski definition) is 2. The van der Waals surface area contributed by atoms with Crippen LogP contribution in [0.25, 0.3) is 0 Å². The van der Waals surface area contributed by atoms with E-state index in [1.807, 2.05) is 26.8 Å². The van der Waals surface area contributed by atoms with Crippen molar-refractivity contribution in [2.45, 2.75) is 86.2 Å². The second-order valence-corrected chi connectivity index (χ2v) is 6.94. The number of carbonyl (C=O) groups excluding carboxylic acids is 1. The van der Waals surface area contributed by atoms with E-state index in [1.54, 1.807) is 6.08 Å². The van der Waals surface area contributed by atoms with Gasteiger partial charge in [0.1, 0.15) is 0 Å². The van der Waals surface area contributed by atoms with Crippen molar-refractivity contribution in [1.82, 2.24) is 0 Å². The summed E-state index contributed by atoms with van der Waals surface area (Å²) in [5.41, 5.74) is 0.953. The number of allylic oxidation sites excluding steroid dienone is 3. The molecule has 0 aliphatic carbocycles. The van der Waals surface area contributed by atoms with Crippen LogP contribution in [0.2, 0.25) is 0 Å². The summed E-state index contributed by atoms with van der Waals surface area (Å²) in [6, 6.07) is 0. The lowest BCUT2D eigenvalue weighted by atomic mass is 9.94. The molecule has 0 spiro atoms. The highest BCUT2D eigenvalue weighted by Gasteiger charge is 2.04. The van der Waals surface area contributed by atoms with Gasteiger partial charge in [-0.2, -0.15) is 0 Å². The van der Waals surface area contributed by atoms with Gasteiger partial charge >= 0.3 is 5.97 Å². The summed E-state index contributed by atoms with van der Waals surface area (Å²) >= 11 is 0. The summed E-state index contributed by atoms with van der Waals surface area (Å²) in [5, 5.41) is 0. The average Bonchev–Trinajstić information content (AvgIpc) is 2.37. The van der Waals surface area contributed by atoms with E-state index in [1.165, 1.54) is 32.1 Å². The van der Waals surface area contributed by atoms with Crippen LogP contribution in [0.4, 0.5) is 0 Å². The van der Waals surface area contributed by atoms with Gasteiger partial charge in [-0.15, -0.1) is 0 Å². The van der Waals surface area contributed by atoms with Crippen LogP contribution < -0.4 is 0 Å². The third-order valence-electron chi connectivity index (χ3n) is 3.79. The van der Waals surface area contributed by atoms with E-state index in [-0.39, 0.29) is 12.1 Å². The smallest absolute Gasteiger partial charge is 0.331 e. The van der Waals surface area contributed by atoms with Gasteiger partial charge in [0.15, 0.2) is 0 Å². The van der Waals surface area contributed by atoms with Gasteiger partial charge in [-0.3, -0.25) is 0 Å². The molecule has 22 heavy (non-hydrogen) atoms. The Morgan fingerprint density at radius 1 is 1.05 bits per heavy atom. The summed E-state index contributed by atoms with van der Waals surface area (Å²) < 4.78 is 5.09. The van der Waals surface area contributed by atoms with Crippen LogP contribution in [-0.4, -0.2) is 12.1 Å². The third kappa shape index (κ3) is 12.7. The molecule has 0 bridgehead atoms. The van der Waals surface area contributed by atoms with Gasteiger partial charge < -0.3 is 4.74 Å². The first-order valence-corrected chi connectivity index (χ1v) is 8.90. The molecule has 0 amide bonds. The lowest BCUT2D eigenvalue weighted by molar-refractivity contribution is -0.141. The van der Waals surface area contributed by atoms with E-state index in [9.17, 15) is 4.79 Å². The minimum Gasteiger partial charge on any atom is -0.460 e. The Kier molecular flexibility index (Phi) is 11.9. The van der Waals surface area contributed by atoms with E-state index < -0.39 is 0 Å². The van der Waals surface area contributed by atoms with Crippen molar-refractivity contribution in [3.8, 4) is 0 Å². The van der Waals surface area contributed by atoms with E-state index >= 15 is 0 Å². The number of ether oxygens (including phenoxy) is 1. The normalized spacial score (nSPS) is 15.3. The molecule has 0 aliphatic heterocycles. The van der Waals surface area contributed by atoms with Crippen LogP contribution in [-0.2, 0) is 9.53 Å². The first-order chi connectivity index (χ1) is 10.3. The maximum Gasteiger partial charge on any atom is 0.331 e. The average molecular weight is 309 g/mol. The summed E-state index contributed by atoms with van der Waals surface area (Å²) in [5.74, 6) is 1.32. The predicted octanol–water partition coefficient (Wildman–Crippen LogP) is 6.07. The van der Waals surface area contributed by atoms with E-state index in [2.05, 4.69) is 26.8 Å². The van der Waals surface area contributed by atoms with Crippen LogP contribution in [0, 0.1) is 11.8 Å².